The number of halogens is 2. The van der Waals surface area contributed by atoms with Crippen LogP contribution in [-0.2, 0) is 9.59 Å². The molecule has 1 aromatic rings. The minimum Gasteiger partial charge on any atom is -0.350 e. The van der Waals surface area contributed by atoms with Gasteiger partial charge in [0.25, 0.3) is 0 Å². The predicted octanol–water partition coefficient (Wildman–Crippen LogP) is 2.61. The van der Waals surface area contributed by atoms with Gasteiger partial charge in [-0.2, -0.15) is 0 Å². The number of carbonyl (C=O) groups is 2. The molecule has 7 heteroatoms. The molecule has 3 rings (SSSR count). The molecule has 1 heterocycles. The molecular weight excluding hydrogens is 364 g/mol. The first-order valence-corrected chi connectivity index (χ1v) is 10.2. The first-order valence-electron chi connectivity index (χ1n) is 10.2. The highest BCUT2D eigenvalue weighted by Crippen LogP contribution is 2.28. The summed E-state index contributed by atoms with van der Waals surface area (Å²) in [6, 6.07) is 3.66. The summed E-state index contributed by atoms with van der Waals surface area (Å²) in [6.45, 7) is 1.23. The first-order chi connectivity index (χ1) is 13.5. The maximum atomic E-state index is 13.6. The number of piperidine rings is 1. The normalized spacial score (nSPS) is 22.8. The number of nitrogens with one attached hydrogen (secondary N) is 3. The molecule has 2 aliphatic rings. The Kier molecular flexibility index (Phi) is 7.36. The van der Waals surface area contributed by atoms with Crippen LogP contribution in [0.5, 0.6) is 0 Å². The highest BCUT2D eigenvalue weighted by atomic mass is 19.2. The zero-order valence-electron chi connectivity index (χ0n) is 16.1. The van der Waals surface area contributed by atoms with Crippen LogP contribution in [-0.4, -0.2) is 37.5 Å². The number of carbonyl (C=O) groups excluding carboxylic acids is 2. The van der Waals surface area contributed by atoms with Crippen molar-refractivity contribution in [2.24, 2.45) is 5.92 Å². The molecular formula is C21H29F2N3O2. The second kappa shape index (κ2) is 9.96. The van der Waals surface area contributed by atoms with Crippen LogP contribution in [0, 0.1) is 17.6 Å². The van der Waals surface area contributed by atoms with Crippen LogP contribution in [0.2, 0.25) is 0 Å². The van der Waals surface area contributed by atoms with Crippen molar-refractivity contribution < 1.29 is 18.4 Å². The van der Waals surface area contributed by atoms with Gasteiger partial charge in [0.15, 0.2) is 11.6 Å². The lowest BCUT2D eigenvalue weighted by atomic mass is 9.86. The Labute approximate surface area is 164 Å². The Morgan fingerprint density at radius 2 is 1.86 bits per heavy atom. The summed E-state index contributed by atoms with van der Waals surface area (Å²) in [7, 11) is 0. The van der Waals surface area contributed by atoms with Gasteiger partial charge >= 0.3 is 0 Å². The average molecular weight is 393 g/mol. The fourth-order valence-corrected chi connectivity index (χ4v) is 4.31. The van der Waals surface area contributed by atoms with Crippen molar-refractivity contribution in [3.63, 3.8) is 0 Å². The van der Waals surface area contributed by atoms with Crippen molar-refractivity contribution in [1.29, 1.82) is 0 Å². The summed E-state index contributed by atoms with van der Waals surface area (Å²) in [5.74, 6) is -1.58. The number of benzene rings is 1. The minimum atomic E-state index is -0.879. The van der Waals surface area contributed by atoms with Crippen molar-refractivity contribution >= 4 is 11.8 Å². The fourth-order valence-electron chi connectivity index (χ4n) is 4.31. The highest BCUT2D eigenvalue weighted by Gasteiger charge is 2.28. The zero-order valence-corrected chi connectivity index (χ0v) is 16.1. The van der Waals surface area contributed by atoms with E-state index in [1.165, 1.54) is 31.7 Å². The summed E-state index contributed by atoms with van der Waals surface area (Å²) < 4.78 is 26.8. The SMILES string of the molecule is O=C(CCC1CCCC1)NCC(=O)NC1CNCCC1c1ccc(F)c(F)c1. The number of amides is 2. The molecule has 0 bridgehead atoms. The van der Waals surface area contributed by atoms with Crippen LogP contribution in [0.1, 0.15) is 56.4 Å². The lowest BCUT2D eigenvalue weighted by molar-refractivity contribution is -0.126. The molecule has 5 nitrogen and oxygen atoms in total. The zero-order chi connectivity index (χ0) is 19.9. The first kappa shape index (κ1) is 20.7. The van der Waals surface area contributed by atoms with Gasteiger partial charge < -0.3 is 16.0 Å². The second-order valence-electron chi connectivity index (χ2n) is 7.91. The van der Waals surface area contributed by atoms with E-state index in [0.29, 0.717) is 30.9 Å². The third kappa shape index (κ3) is 5.74. The average Bonchev–Trinajstić information content (AvgIpc) is 3.21. The van der Waals surface area contributed by atoms with Crippen LogP contribution in [0.3, 0.4) is 0 Å². The van der Waals surface area contributed by atoms with Gasteiger partial charge in [0, 0.05) is 24.9 Å². The van der Waals surface area contributed by atoms with Gasteiger partial charge in [0.05, 0.1) is 6.54 Å². The summed E-state index contributed by atoms with van der Waals surface area (Å²) in [5.41, 5.74) is 0.672. The monoisotopic (exact) mass is 393 g/mol. The Balaban J connectivity index is 1.47. The van der Waals surface area contributed by atoms with Crippen molar-refractivity contribution in [3.8, 4) is 0 Å². The number of hydrogen-bond acceptors (Lipinski definition) is 3. The molecule has 0 aromatic heterocycles. The molecule has 1 aliphatic heterocycles. The molecule has 1 aliphatic carbocycles. The van der Waals surface area contributed by atoms with Crippen molar-refractivity contribution in [3.05, 3.63) is 35.4 Å². The molecule has 2 atom stereocenters. The molecule has 1 saturated carbocycles. The molecule has 2 fully saturated rings. The van der Waals surface area contributed by atoms with E-state index in [1.54, 1.807) is 6.07 Å². The molecule has 3 N–H and O–H groups in total. The highest BCUT2D eigenvalue weighted by molar-refractivity contribution is 5.84. The van der Waals surface area contributed by atoms with Gasteiger partial charge in [-0.3, -0.25) is 9.59 Å². The predicted molar refractivity (Wildman–Crippen MR) is 103 cm³/mol. The molecule has 2 unspecified atom stereocenters. The van der Waals surface area contributed by atoms with Crippen LogP contribution in [0.4, 0.5) is 8.78 Å². The molecule has 0 spiro atoms. The maximum Gasteiger partial charge on any atom is 0.239 e. The topological polar surface area (TPSA) is 70.2 Å². The van der Waals surface area contributed by atoms with Gasteiger partial charge in [-0.25, -0.2) is 8.78 Å². The van der Waals surface area contributed by atoms with Gasteiger partial charge in [-0.05, 0) is 43.0 Å². The van der Waals surface area contributed by atoms with E-state index < -0.39 is 11.6 Å². The van der Waals surface area contributed by atoms with E-state index in [4.69, 9.17) is 0 Å². The van der Waals surface area contributed by atoms with E-state index >= 15 is 0 Å². The summed E-state index contributed by atoms with van der Waals surface area (Å²) in [4.78, 5) is 24.3. The molecule has 1 aromatic carbocycles. The molecule has 1 saturated heterocycles. The molecule has 2 amide bonds. The summed E-state index contributed by atoms with van der Waals surface area (Å²) >= 11 is 0. The minimum absolute atomic E-state index is 0.0650. The summed E-state index contributed by atoms with van der Waals surface area (Å²) in [5, 5.41) is 8.82. The fraction of sp³-hybridized carbons (Fsp3) is 0.619. The lowest BCUT2D eigenvalue weighted by Crippen LogP contribution is -2.52. The van der Waals surface area contributed by atoms with E-state index in [-0.39, 0.29) is 30.3 Å². The quantitative estimate of drug-likeness (QED) is 0.667. The Hall–Kier alpha value is -2.02. The van der Waals surface area contributed by atoms with Crippen LogP contribution >= 0.6 is 0 Å². The van der Waals surface area contributed by atoms with E-state index in [9.17, 15) is 18.4 Å². The van der Waals surface area contributed by atoms with Crippen LogP contribution in [0.25, 0.3) is 0 Å². The van der Waals surface area contributed by atoms with E-state index in [2.05, 4.69) is 16.0 Å². The lowest BCUT2D eigenvalue weighted by Gasteiger charge is -2.33. The Morgan fingerprint density at radius 3 is 2.61 bits per heavy atom. The van der Waals surface area contributed by atoms with Crippen molar-refractivity contribution in [2.45, 2.75) is 56.9 Å². The number of rotatable bonds is 7. The van der Waals surface area contributed by atoms with Gasteiger partial charge in [-0.1, -0.05) is 31.7 Å². The largest absolute Gasteiger partial charge is 0.350 e. The van der Waals surface area contributed by atoms with E-state index in [1.807, 2.05) is 0 Å². The molecule has 28 heavy (non-hydrogen) atoms. The maximum absolute atomic E-state index is 13.6. The third-order valence-corrected chi connectivity index (χ3v) is 5.90. The third-order valence-electron chi connectivity index (χ3n) is 5.90. The summed E-state index contributed by atoms with van der Waals surface area (Å²) in [6.07, 6.45) is 6.97. The van der Waals surface area contributed by atoms with Gasteiger partial charge in [0.1, 0.15) is 0 Å². The Bertz CT molecular complexity index is 692. The van der Waals surface area contributed by atoms with Gasteiger partial charge in [0.2, 0.25) is 11.8 Å². The van der Waals surface area contributed by atoms with Crippen molar-refractivity contribution in [2.75, 3.05) is 19.6 Å². The smallest absolute Gasteiger partial charge is 0.239 e. The van der Waals surface area contributed by atoms with E-state index in [0.717, 1.165) is 19.0 Å². The van der Waals surface area contributed by atoms with Crippen LogP contribution < -0.4 is 16.0 Å². The standard InChI is InChI=1S/C21H29F2N3O2/c22-17-7-6-15(11-18(17)23)16-9-10-24-12-19(16)26-21(28)13-25-20(27)8-5-14-3-1-2-4-14/h6-7,11,14,16,19,24H,1-5,8-10,12-13H2,(H,25,27)(H,26,28). The Morgan fingerprint density at radius 1 is 1.07 bits per heavy atom. The molecule has 0 radical (unpaired) electrons. The number of hydrogen-bond donors (Lipinski definition) is 3. The second-order valence-corrected chi connectivity index (χ2v) is 7.91. The van der Waals surface area contributed by atoms with Crippen molar-refractivity contribution in [1.82, 2.24) is 16.0 Å². The molecule has 154 valence electrons. The van der Waals surface area contributed by atoms with Crippen LogP contribution in [0.15, 0.2) is 18.2 Å². The van der Waals surface area contributed by atoms with Gasteiger partial charge in [-0.15, -0.1) is 0 Å².